The lowest BCUT2D eigenvalue weighted by molar-refractivity contribution is -0.610. The number of pyridine rings is 1. The Hall–Kier alpha value is -3.68. The van der Waals surface area contributed by atoms with E-state index in [1.165, 1.54) is 29.3 Å². The molecule has 0 atom stereocenters. The van der Waals surface area contributed by atoms with Gasteiger partial charge < -0.3 is 15.3 Å². The minimum Gasteiger partial charge on any atom is -0.618 e. The van der Waals surface area contributed by atoms with Gasteiger partial charge in [-0.25, -0.2) is 4.39 Å². The zero-order valence-electron chi connectivity index (χ0n) is 16.7. The molecule has 0 saturated carbocycles. The van der Waals surface area contributed by atoms with Crippen LogP contribution in [0.1, 0.15) is 19.5 Å². The molecule has 2 amide bonds. The predicted octanol–water partition coefficient (Wildman–Crippen LogP) is 3.06. The van der Waals surface area contributed by atoms with Crippen molar-refractivity contribution in [2.24, 2.45) is 0 Å². The van der Waals surface area contributed by atoms with Gasteiger partial charge in [-0.3, -0.25) is 14.5 Å². The van der Waals surface area contributed by atoms with Crippen LogP contribution < -0.4 is 19.7 Å². The van der Waals surface area contributed by atoms with E-state index in [2.05, 4.69) is 5.32 Å². The van der Waals surface area contributed by atoms with E-state index < -0.39 is 23.2 Å². The van der Waals surface area contributed by atoms with Crippen LogP contribution in [0.15, 0.2) is 48.7 Å². The maximum absolute atomic E-state index is 13.6. The Labute approximate surface area is 172 Å². The first-order valence-corrected chi connectivity index (χ1v) is 9.38. The number of carbonyl (C=O) groups excluding carboxylic acids is 2. The molecule has 2 aromatic carbocycles. The molecule has 7 nitrogen and oxygen atoms in total. The molecule has 2 heterocycles. The molecule has 154 valence electrons. The summed E-state index contributed by atoms with van der Waals surface area (Å²) in [6.07, 6.45) is 1.38. The number of hydrogen-bond acceptors (Lipinski definition) is 4. The maximum Gasteiger partial charge on any atom is 0.265 e. The first-order chi connectivity index (χ1) is 14.2. The largest absolute Gasteiger partial charge is 0.618 e. The molecule has 1 N–H and O–H groups in total. The van der Waals surface area contributed by atoms with E-state index in [0.29, 0.717) is 22.5 Å². The van der Waals surface area contributed by atoms with E-state index >= 15 is 0 Å². The van der Waals surface area contributed by atoms with Gasteiger partial charge in [-0.2, -0.15) is 4.73 Å². The number of nitrogens with zero attached hydrogens (tertiary/aromatic N) is 2. The van der Waals surface area contributed by atoms with Crippen LogP contribution in [0.3, 0.4) is 0 Å². The number of anilines is 2. The Balaban J connectivity index is 1.65. The molecule has 0 aliphatic carbocycles. The number of halogens is 1. The zero-order chi connectivity index (χ0) is 21.6. The Kier molecular flexibility index (Phi) is 4.57. The van der Waals surface area contributed by atoms with Crippen molar-refractivity contribution in [3.8, 4) is 5.75 Å². The minimum absolute atomic E-state index is 0.230. The third-order valence-corrected chi connectivity index (χ3v) is 5.33. The Morgan fingerprint density at radius 1 is 1.23 bits per heavy atom. The summed E-state index contributed by atoms with van der Waals surface area (Å²) in [5.41, 5.74) is -0.0346. The summed E-state index contributed by atoms with van der Waals surface area (Å²) in [5, 5.41) is 15.9. The first kappa shape index (κ1) is 19.6. The summed E-state index contributed by atoms with van der Waals surface area (Å²) in [4.78, 5) is 27.0. The topological polar surface area (TPSA) is 85.6 Å². The smallest absolute Gasteiger partial charge is 0.265 e. The molecule has 0 unspecified atom stereocenters. The van der Waals surface area contributed by atoms with Crippen molar-refractivity contribution in [2.45, 2.75) is 26.3 Å². The molecule has 0 fully saturated rings. The number of carbonyl (C=O) groups is 2. The average molecular weight is 409 g/mol. The van der Waals surface area contributed by atoms with E-state index in [-0.39, 0.29) is 12.3 Å². The van der Waals surface area contributed by atoms with Gasteiger partial charge in [0.25, 0.3) is 5.91 Å². The second-order valence-electron chi connectivity index (χ2n) is 7.64. The van der Waals surface area contributed by atoms with E-state index in [0.717, 1.165) is 10.1 Å². The van der Waals surface area contributed by atoms with Crippen LogP contribution in [0, 0.1) is 17.9 Å². The Bertz CT molecular complexity index is 1190. The summed E-state index contributed by atoms with van der Waals surface area (Å²) in [5.74, 6) is -0.941. The van der Waals surface area contributed by atoms with Gasteiger partial charge in [0.1, 0.15) is 17.1 Å². The number of fused-ring (bicyclic) bond motifs is 2. The van der Waals surface area contributed by atoms with Crippen molar-refractivity contribution in [2.75, 3.05) is 16.8 Å². The summed E-state index contributed by atoms with van der Waals surface area (Å²) < 4.78 is 20.2. The van der Waals surface area contributed by atoms with Gasteiger partial charge in [-0.05, 0) is 44.2 Å². The van der Waals surface area contributed by atoms with Crippen molar-refractivity contribution in [3.63, 3.8) is 0 Å². The molecule has 8 heteroatoms. The van der Waals surface area contributed by atoms with Crippen LogP contribution in [0.25, 0.3) is 10.8 Å². The van der Waals surface area contributed by atoms with Crippen molar-refractivity contribution in [1.29, 1.82) is 0 Å². The fraction of sp³-hybridized carbons (Fsp3) is 0.227. The van der Waals surface area contributed by atoms with Crippen LogP contribution in [-0.2, 0) is 9.59 Å². The lowest BCUT2D eigenvalue weighted by atomic mass is 9.96. The average Bonchev–Trinajstić information content (AvgIpc) is 2.70. The number of ether oxygens (including phenoxy) is 1. The Morgan fingerprint density at radius 3 is 2.77 bits per heavy atom. The minimum atomic E-state index is -1.19. The lowest BCUT2D eigenvalue weighted by Crippen LogP contribution is -2.59. The van der Waals surface area contributed by atoms with Crippen LogP contribution in [0.2, 0.25) is 0 Å². The maximum atomic E-state index is 13.6. The third kappa shape index (κ3) is 3.10. The molecule has 1 aliphatic rings. The number of benzene rings is 2. The fourth-order valence-corrected chi connectivity index (χ4v) is 3.66. The van der Waals surface area contributed by atoms with E-state index in [9.17, 15) is 19.2 Å². The van der Waals surface area contributed by atoms with E-state index in [1.54, 1.807) is 45.0 Å². The number of amides is 2. The van der Waals surface area contributed by atoms with E-state index in [1.807, 2.05) is 0 Å². The van der Waals surface area contributed by atoms with Gasteiger partial charge in [0.2, 0.25) is 5.91 Å². The van der Waals surface area contributed by atoms with Crippen LogP contribution in [0.5, 0.6) is 5.75 Å². The summed E-state index contributed by atoms with van der Waals surface area (Å²) in [6, 6.07) is 10.8. The first-order valence-electron chi connectivity index (χ1n) is 9.38. The number of nitrogens with one attached hydrogen (secondary N) is 1. The number of aromatic nitrogens is 1. The van der Waals surface area contributed by atoms with Crippen LogP contribution in [-0.4, -0.2) is 24.0 Å². The monoisotopic (exact) mass is 409 g/mol. The SMILES string of the molecule is Cc1c2cccc(OCC(=O)N3c4ccc(F)cc4NC(=O)C3(C)C)c2cc[n+]1[O-]. The second kappa shape index (κ2) is 6.98. The van der Waals surface area contributed by atoms with Gasteiger partial charge in [-0.1, -0.05) is 6.07 Å². The molecule has 1 aromatic heterocycles. The number of hydrogen-bond donors (Lipinski definition) is 1. The molecule has 0 saturated heterocycles. The molecule has 3 aromatic rings. The second-order valence-corrected chi connectivity index (χ2v) is 7.64. The van der Waals surface area contributed by atoms with Crippen molar-refractivity contribution in [1.82, 2.24) is 0 Å². The summed E-state index contributed by atoms with van der Waals surface area (Å²) in [6.45, 7) is 4.59. The predicted molar refractivity (Wildman–Crippen MR) is 110 cm³/mol. The van der Waals surface area contributed by atoms with E-state index in [4.69, 9.17) is 4.74 Å². The zero-order valence-corrected chi connectivity index (χ0v) is 16.7. The van der Waals surface area contributed by atoms with Gasteiger partial charge in [0.05, 0.1) is 16.8 Å². The van der Waals surface area contributed by atoms with Crippen molar-refractivity contribution < 1.29 is 23.4 Å². The van der Waals surface area contributed by atoms with Crippen LogP contribution >= 0.6 is 0 Å². The van der Waals surface area contributed by atoms with Gasteiger partial charge in [-0.15, -0.1) is 0 Å². The molecular formula is C22H20FN3O4. The number of aryl methyl sites for hydroxylation is 1. The molecular weight excluding hydrogens is 389 g/mol. The highest BCUT2D eigenvalue weighted by atomic mass is 19.1. The summed E-state index contributed by atoms with van der Waals surface area (Å²) in [7, 11) is 0. The normalized spacial score (nSPS) is 14.9. The molecule has 0 spiro atoms. The highest BCUT2D eigenvalue weighted by molar-refractivity contribution is 6.14. The van der Waals surface area contributed by atoms with Crippen LogP contribution in [0.4, 0.5) is 15.8 Å². The lowest BCUT2D eigenvalue weighted by Gasteiger charge is -2.41. The highest BCUT2D eigenvalue weighted by Crippen LogP contribution is 2.37. The molecule has 0 bridgehead atoms. The molecule has 30 heavy (non-hydrogen) atoms. The van der Waals surface area contributed by atoms with Gasteiger partial charge >= 0.3 is 0 Å². The quantitative estimate of drug-likeness (QED) is 0.532. The van der Waals surface area contributed by atoms with Gasteiger partial charge in [0, 0.05) is 18.4 Å². The standard InChI is InChI=1S/C22H20FN3O4/c1-13-15-5-4-6-19(16(15)9-10-25(13)29)30-12-20(27)26-18-8-7-14(23)11-17(18)24-21(28)22(26,2)3/h4-11H,12H2,1-3H3,(H,24,28). The fourth-order valence-electron chi connectivity index (χ4n) is 3.66. The molecule has 0 radical (unpaired) electrons. The third-order valence-electron chi connectivity index (χ3n) is 5.33. The summed E-state index contributed by atoms with van der Waals surface area (Å²) >= 11 is 0. The van der Waals surface area contributed by atoms with Crippen molar-refractivity contribution in [3.05, 3.63) is 65.4 Å². The van der Waals surface area contributed by atoms with Gasteiger partial charge in [0.15, 0.2) is 18.5 Å². The molecule has 4 rings (SSSR count). The highest BCUT2D eigenvalue weighted by Gasteiger charge is 2.43. The number of rotatable bonds is 3. The Morgan fingerprint density at radius 2 is 2.00 bits per heavy atom. The van der Waals surface area contributed by atoms with Crippen molar-refractivity contribution >= 4 is 34.0 Å². The molecule has 1 aliphatic heterocycles.